The molecule has 0 unspecified atom stereocenters. The van der Waals surface area contributed by atoms with Crippen LogP contribution in [0.2, 0.25) is 0 Å². The van der Waals surface area contributed by atoms with Gasteiger partial charge in [0.1, 0.15) is 0 Å². The van der Waals surface area contributed by atoms with Gasteiger partial charge in [-0.15, -0.1) is 0 Å². The molecule has 1 saturated heterocycles. The van der Waals surface area contributed by atoms with Crippen molar-refractivity contribution >= 4 is 0 Å². The molecule has 2 aliphatic rings. The number of benzene rings is 2. The van der Waals surface area contributed by atoms with Gasteiger partial charge in [-0.3, -0.25) is 4.90 Å². The van der Waals surface area contributed by atoms with Crippen LogP contribution in [0, 0.1) is 0 Å². The molecule has 1 saturated carbocycles. The highest BCUT2D eigenvalue weighted by molar-refractivity contribution is 5.26. The second-order valence-electron chi connectivity index (χ2n) is 8.35. The predicted octanol–water partition coefficient (Wildman–Crippen LogP) is 4.88. The summed E-state index contributed by atoms with van der Waals surface area (Å²) < 4.78 is 0. The molecular formula is C23H30N2. The van der Waals surface area contributed by atoms with Crippen LogP contribution < -0.4 is 5.32 Å². The topological polar surface area (TPSA) is 15.3 Å². The number of nitrogens with zero attached hydrogens (tertiary/aromatic N) is 1. The van der Waals surface area contributed by atoms with Crippen molar-refractivity contribution in [1.82, 2.24) is 10.2 Å². The van der Waals surface area contributed by atoms with Gasteiger partial charge in [0, 0.05) is 24.3 Å². The highest BCUT2D eigenvalue weighted by Crippen LogP contribution is 2.46. The van der Waals surface area contributed by atoms with Crippen LogP contribution in [-0.4, -0.2) is 23.7 Å². The van der Waals surface area contributed by atoms with Gasteiger partial charge in [0.2, 0.25) is 0 Å². The Bertz CT molecular complexity index is 685. The van der Waals surface area contributed by atoms with Gasteiger partial charge < -0.3 is 5.32 Å². The second-order valence-corrected chi connectivity index (χ2v) is 8.35. The van der Waals surface area contributed by atoms with Crippen LogP contribution in [0.3, 0.4) is 0 Å². The molecule has 0 radical (unpaired) electrons. The molecular weight excluding hydrogens is 304 g/mol. The zero-order chi connectivity index (χ0) is 17.3. The normalized spacial score (nSPS) is 27.7. The first-order valence-electron chi connectivity index (χ1n) is 9.71. The van der Waals surface area contributed by atoms with Crippen molar-refractivity contribution in [2.24, 2.45) is 0 Å². The minimum absolute atomic E-state index is 0.0599. The molecule has 4 rings (SSSR count). The highest BCUT2D eigenvalue weighted by Gasteiger charge is 2.49. The van der Waals surface area contributed by atoms with E-state index in [1.54, 1.807) is 0 Å². The van der Waals surface area contributed by atoms with Crippen LogP contribution in [0.4, 0.5) is 0 Å². The maximum absolute atomic E-state index is 3.69. The van der Waals surface area contributed by atoms with Crippen molar-refractivity contribution in [3.8, 4) is 0 Å². The van der Waals surface area contributed by atoms with Gasteiger partial charge in [0.05, 0.1) is 0 Å². The van der Waals surface area contributed by atoms with Crippen LogP contribution in [0.1, 0.15) is 56.6 Å². The molecule has 1 N–H and O–H groups in total. The van der Waals surface area contributed by atoms with Crippen LogP contribution >= 0.6 is 0 Å². The molecule has 0 atom stereocenters. The first-order chi connectivity index (χ1) is 12.1. The zero-order valence-electron chi connectivity index (χ0n) is 15.5. The Morgan fingerprint density at radius 2 is 1.52 bits per heavy atom. The molecule has 0 aromatic heterocycles. The number of hydrogen-bond acceptors (Lipinski definition) is 2. The lowest BCUT2D eigenvalue weighted by atomic mass is 9.72. The molecule has 2 aromatic carbocycles. The molecule has 2 heteroatoms. The predicted molar refractivity (Wildman–Crippen MR) is 105 cm³/mol. The quantitative estimate of drug-likeness (QED) is 0.860. The molecule has 25 heavy (non-hydrogen) atoms. The smallest absolute Gasteiger partial charge is 0.0495 e. The van der Waals surface area contributed by atoms with Gasteiger partial charge in [-0.1, -0.05) is 60.7 Å². The summed E-state index contributed by atoms with van der Waals surface area (Å²) >= 11 is 0. The average Bonchev–Trinajstić information content (AvgIpc) is 3.08. The Morgan fingerprint density at radius 3 is 2.16 bits per heavy atom. The van der Waals surface area contributed by atoms with Crippen molar-refractivity contribution < 1.29 is 0 Å². The van der Waals surface area contributed by atoms with E-state index in [-0.39, 0.29) is 5.54 Å². The molecule has 132 valence electrons. The second kappa shape index (κ2) is 6.59. The van der Waals surface area contributed by atoms with Crippen LogP contribution in [-0.2, 0) is 5.54 Å². The number of nitrogens with one attached hydrogen (secondary N) is 1. The van der Waals surface area contributed by atoms with E-state index >= 15 is 0 Å². The molecule has 1 aliphatic heterocycles. The Labute approximate surface area is 152 Å². The first kappa shape index (κ1) is 16.8. The van der Waals surface area contributed by atoms with E-state index in [4.69, 9.17) is 0 Å². The fraction of sp³-hybridized carbons (Fsp3) is 0.478. The Morgan fingerprint density at radius 1 is 0.920 bits per heavy atom. The third kappa shape index (κ3) is 3.02. The lowest BCUT2D eigenvalue weighted by molar-refractivity contribution is 0.00709. The van der Waals surface area contributed by atoms with Gasteiger partial charge in [0.15, 0.2) is 0 Å². The maximum Gasteiger partial charge on any atom is 0.0495 e. The first-order valence-corrected chi connectivity index (χ1v) is 9.71. The summed E-state index contributed by atoms with van der Waals surface area (Å²) in [4.78, 5) is 2.75. The molecule has 1 spiro atoms. The molecule has 2 nitrogen and oxygen atoms in total. The van der Waals surface area contributed by atoms with Crippen molar-refractivity contribution in [2.75, 3.05) is 13.2 Å². The third-order valence-electron chi connectivity index (χ3n) is 6.64. The van der Waals surface area contributed by atoms with E-state index in [1.165, 1.54) is 36.8 Å². The lowest BCUT2D eigenvalue weighted by Crippen LogP contribution is -2.55. The molecule has 1 aliphatic carbocycles. The van der Waals surface area contributed by atoms with Crippen LogP contribution in [0.15, 0.2) is 60.7 Å². The minimum Gasteiger partial charge on any atom is -0.302 e. The molecule has 2 fully saturated rings. The fourth-order valence-electron chi connectivity index (χ4n) is 5.12. The number of rotatable bonds is 3. The Hall–Kier alpha value is -1.64. The van der Waals surface area contributed by atoms with Crippen molar-refractivity contribution in [2.45, 2.75) is 56.5 Å². The summed E-state index contributed by atoms with van der Waals surface area (Å²) in [5, 5.41) is 3.69. The summed E-state index contributed by atoms with van der Waals surface area (Å²) in [6, 6.07) is 22.1. The minimum atomic E-state index is 0.0599. The Kier molecular flexibility index (Phi) is 4.43. The molecule has 0 amide bonds. The molecule has 0 bridgehead atoms. The summed E-state index contributed by atoms with van der Waals surface area (Å²) in [5.74, 6) is 0.731. The van der Waals surface area contributed by atoms with E-state index in [9.17, 15) is 0 Å². The standard InChI is InChI=1S/C23H30N2/c1-22(2,21-11-7-4-8-12-21)25-18-24-17-23(25)15-13-20(14-16-23)19-9-5-3-6-10-19/h3-12,20,24H,13-18H2,1-2H3. The van der Waals surface area contributed by atoms with Crippen molar-refractivity contribution in [3.63, 3.8) is 0 Å². The van der Waals surface area contributed by atoms with Crippen LogP contribution in [0.5, 0.6) is 0 Å². The van der Waals surface area contributed by atoms with E-state index in [0.29, 0.717) is 5.54 Å². The van der Waals surface area contributed by atoms with Gasteiger partial charge >= 0.3 is 0 Å². The summed E-state index contributed by atoms with van der Waals surface area (Å²) in [5.41, 5.74) is 3.31. The Balaban J connectivity index is 1.54. The molecule has 2 aromatic rings. The van der Waals surface area contributed by atoms with Gasteiger partial charge in [-0.2, -0.15) is 0 Å². The van der Waals surface area contributed by atoms with Crippen molar-refractivity contribution in [3.05, 3.63) is 71.8 Å². The van der Waals surface area contributed by atoms with E-state index < -0.39 is 0 Å². The fourth-order valence-corrected chi connectivity index (χ4v) is 5.12. The lowest BCUT2D eigenvalue weighted by Gasteiger charge is -2.50. The SMILES string of the molecule is CC(C)(c1ccccc1)N1CNCC12CCC(c1ccccc1)CC2. The number of hydrogen-bond donors (Lipinski definition) is 1. The van der Waals surface area contributed by atoms with Gasteiger partial charge in [0.25, 0.3) is 0 Å². The van der Waals surface area contributed by atoms with E-state index in [0.717, 1.165) is 19.1 Å². The monoisotopic (exact) mass is 334 g/mol. The zero-order valence-corrected chi connectivity index (χ0v) is 15.5. The third-order valence-corrected chi connectivity index (χ3v) is 6.64. The molecule has 1 heterocycles. The van der Waals surface area contributed by atoms with Gasteiger partial charge in [-0.25, -0.2) is 0 Å². The highest BCUT2D eigenvalue weighted by atomic mass is 15.4. The van der Waals surface area contributed by atoms with E-state index in [1.807, 2.05) is 0 Å². The average molecular weight is 335 g/mol. The summed E-state index contributed by atoms with van der Waals surface area (Å²) in [6.45, 7) is 6.91. The van der Waals surface area contributed by atoms with Gasteiger partial charge in [-0.05, 0) is 56.6 Å². The van der Waals surface area contributed by atoms with E-state index in [2.05, 4.69) is 84.7 Å². The summed E-state index contributed by atoms with van der Waals surface area (Å²) in [7, 11) is 0. The largest absolute Gasteiger partial charge is 0.302 e. The van der Waals surface area contributed by atoms with Crippen LogP contribution in [0.25, 0.3) is 0 Å². The summed E-state index contributed by atoms with van der Waals surface area (Å²) in [6.07, 6.45) is 5.17. The van der Waals surface area contributed by atoms with Crippen molar-refractivity contribution in [1.29, 1.82) is 0 Å². The maximum atomic E-state index is 3.69.